The van der Waals surface area contributed by atoms with E-state index in [9.17, 15) is 29.4 Å². The molecule has 0 bridgehead atoms. The third-order valence-electron chi connectivity index (χ3n) is 9.27. The monoisotopic (exact) mass is 564 g/mol. The Kier molecular flexibility index (Phi) is 8.97. The SMILES string of the molecule is C=C1CC[C@H](O)[C@@H]2[C@]1(C)[C@H](OC(C)=O)[C@@H](OC(=O)C(C)C)[C@@](C)(O)[C@@]2(C)[C@@H](CC1=CC(=O)OC1)OC(=O)C(C)C. The summed E-state index contributed by atoms with van der Waals surface area (Å²) in [4.78, 5) is 50.4. The van der Waals surface area contributed by atoms with Gasteiger partial charge in [-0.15, -0.1) is 0 Å². The van der Waals surface area contributed by atoms with E-state index in [0.29, 0.717) is 24.0 Å². The highest BCUT2D eigenvalue weighted by atomic mass is 16.6. The van der Waals surface area contributed by atoms with Gasteiger partial charge in [-0.3, -0.25) is 14.4 Å². The van der Waals surface area contributed by atoms with Crippen LogP contribution in [0.15, 0.2) is 23.8 Å². The first-order valence-corrected chi connectivity index (χ1v) is 13.9. The Morgan fingerprint density at radius 1 is 1.07 bits per heavy atom. The van der Waals surface area contributed by atoms with Gasteiger partial charge < -0.3 is 29.2 Å². The number of hydrogen-bond donors (Lipinski definition) is 2. The summed E-state index contributed by atoms with van der Waals surface area (Å²) in [5.74, 6) is -4.30. The van der Waals surface area contributed by atoms with E-state index in [1.807, 2.05) is 0 Å². The highest BCUT2D eigenvalue weighted by Gasteiger charge is 2.75. The lowest BCUT2D eigenvalue weighted by molar-refractivity contribution is -0.313. The van der Waals surface area contributed by atoms with Gasteiger partial charge >= 0.3 is 23.9 Å². The van der Waals surface area contributed by atoms with Gasteiger partial charge in [-0.1, -0.05) is 53.7 Å². The first-order valence-electron chi connectivity index (χ1n) is 13.9. The zero-order chi connectivity index (χ0) is 30.4. The molecule has 2 fully saturated rings. The minimum atomic E-state index is -2.01. The van der Waals surface area contributed by atoms with Crippen molar-refractivity contribution in [3.8, 4) is 0 Å². The van der Waals surface area contributed by atoms with Gasteiger partial charge in [-0.05, 0) is 25.3 Å². The van der Waals surface area contributed by atoms with Gasteiger partial charge in [0.1, 0.15) is 18.3 Å². The molecule has 0 aromatic carbocycles. The first-order chi connectivity index (χ1) is 18.4. The van der Waals surface area contributed by atoms with Gasteiger partial charge in [0.05, 0.1) is 17.9 Å². The normalized spacial score (nSPS) is 36.5. The van der Waals surface area contributed by atoms with Crippen LogP contribution in [0.4, 0.5) is 0 Å². The number of carbonyl (C=O) groups excluding carboxylic acids is 4. The summed E-state index contributed by atoms with van der Waals surface area (Å²) < 4.78 is 22.9. The number of aliphatic hydroxyl groups excluding tert-OH is 1. The standard InChI is InChI=1S/C30H44O10/c1-15(2)26(34)39-21(12-19-13-22(33)37-14-19)29(8)23-20(32)11-10-17(5)28(23,7)24(38-18(6)31)25(30(29,9)36)40-27(35)16(3)4/h13,15-16,20-21,23-25,32,36H,5,10-12,14H2,1-4,6-9H3/t20-,21+,23+,24+,25+,28+,29-,30+/m0/s1. The van der Waals surface area contributed by atoms with Crippen molar-refractivity contribution >= 4 is 23.9 Å². The van der Waals surface area contributed by atoms with Crippen molar-refractivity contribution in [1.29, 1.82) is 0 Å². The van der Waals surface area contributed by atoms with Crippen LogP contribution in [0.3, 0.4) is 0 Å². The van der Waals surface area contributed by atoms with Crippen LogP contribution in [0.25, 0.3) is 0 Å². The van der Waals surface area contributed by atoms with E-state index in [4.69, 9.17) is 18.9 Å². The first kappa shape index (κ1) is 31.8. The fourth-order valence-electron chi connectivity index (χ4n) is 6.76. The molecule has 0 aromatic rings. The molecule has 1 aliphatic heterocycles. The molecule has 8 atom stereocenters. The van der Waals surface area contributed by atoms with E-state index in [2.05, 4.69) is 6.58 Å². The summed E-state index contributed by atoms with van der Waals surface area (Å²) in [6.07, 6.45) is -2.67. The highest BCUT2D eigenvalue weighted by molar-refractivity contribution is 5.85. The zero-order valence-corrected chi connectivity index (χ0v) is 24.8. The maximum Gasteiger partial charge on any atom is 0.331 e. The van der Waals surface area contributed by atoms with Crippen molar-refractivity contribution in [2.45, 2.75) is 105 Å². The molecule has 1 heterocycles. The third-order valence-corrected chi connectivity index (χ3v) is 9.27. The fraction of sp³-hybridized carbons (Fsp3) is 0.733. The number of rotatable bonds is 8. The Hall–Kier alpha value is -2.72. The van der Waals surface area contributed by atoms with Crippen LogP contribution in [-0.2, 0) is 38.1 Å². The Labute approximate surface area is 236 Å². The molecule has 0 spiro atoms. The van der Waals surface area contributed by atoms with Gasteiger partial charge in [-0.25, -0.2) is 4.79 Å². The minimum absolute atomic E-state index is 0.00812. The highest BCUT2D eigenvalue weighted by Crippen LogP contribution is 2.66. The number of carbonyl (C=O) groups is 4. The van der Waals surface area contributed by atoms with Crippen molar-refractivity contribution in [2.75, 3.05) is 6.61 Å². The number of fused-ring (bicyclic) bond motifs is 1. The smallest absolute Gasteiger partial charge is 0.331 e. The number of hydrogen-bond acceptors (Lipinski definition) is 10. The second-order valence-corrected chi connectivity index (χ2v) is 12.6. The number of aliphatic hydroxyl groups is 2. The second kappa shape index (κ2) is 11.3. The lowest BCUT2D eigenvalue weighted by atomic mass is 9.41. The van der Waals surface area contributed by atoms with Crippen LogP contribution in [0.2, 0.25) is 0 Å². The number of cyclic esters (lactones) is 1. The predicted octanol–water partition coefficient (Wildman–Crippen LogP) is 3.03. The van der Waals surface area contributed by atoms with E-state index < -0.39 is 82.5 Å². The molecule has 10 nitrogen and oxygen atoms in total. The quantitative estimate of drug-likeness (QED) is 0.256. The van der Waals surface area contributed by atoms with E-state index in [1.165, 1.54) is 19.9 Å². The van der Waals surface area contributed by atoms with Crippen molar-refractivity contribution in [3.63, 3.8) is 0 Å². The summed E-state index contributed by atoms with van der Waals surface area (Å²) in [6, 6.07) is 0. The molecule has 224 valence electrons. The topological polar surface area (TPSA) is 146 Å². The Morgan fingerprint density at radius 3 is 2.17 bits per heavy atom. The Morgan fingerprint density at radius 2 is 1.68 bits per heavy atom. The molecule has 0 saturated heterocycles. The van der Waals surface area contributed by atoms with Crippen LogP contribution in [-0.4, -0.2) is 70.7 Å². The summed E-state index contributed by atoms with van der Waals surface area (Å²) >= 11 is 0. The molecule has 40 heavy (non-hydrogen) atoms. The average Bonchev–Trinajstić information content (AvgIpc) is 3.26. The molecule has 2 aliphatic carbocycles. The van der Waals surface area contributed by atoms with E-state index in [0.717, 1.165) is 0 Å². The van der Waals surface area contributed by atoms with Crippen LogP contribution in [0, 0.1) is 28.6 Å². The Balaban J connectivity index is 2.32. The van der Waals surface area contributed by atoms with Gasteiger partial charge in [0, 0.05) is 36.2 Å². The lowest BCUT2D eigenvalue weighted by Crippen LogP contribution is -2.78. The third kappa shape index (κ3) is 5.32. The molecule has 2 saturated carbocycles. The molecule has 0 aromatic heterocycles. The molecular weight excluding hydrogens is 520 g/mol. The Bertz CT molecular complexity index is 1090. The maximum atomic E-state index is 13.1. The van der Waals surface area contributed by atoms with Crippen LogP contribution in [0.1, 0.15) is 74.7 Å². The van der Waals surface area contributed by atoms with Gasteiger partial charge in [0.2, 0.25) is 0 Å². The molecule has 10 heteroatoms. The van der Waals surface area contributed by atoms with E-state index in [1.54, 1.807) is 41.5 Å². The zero-order valence-electron chi connectivity index (χ0n) is 24.8. The van der Waals surface area contributed by atoms with Crippen LogP contribution < -0.4 is 0 Å². The summed E-state index contributed by atoms with van der Waals surface area (Å²) in [5, 5.41) is 24.2. The van der Waals surface area contributed by atoms with Crippen LogP contribution >= 0.6 is 0 Å². The molecule has 0 amide bonds. The van der Waals surface area contributed by atoms with Crippen molar-refractivity contribution in [1.82, 2.24) is 0 Å². The number of ether oxygens (including phenoxy) is 4. The second-order valence-electron chi connectivity index (χ2n) is 12.6. The van der Waals surface area contributed by atoms with Gasteiger partial charge in [0.25, 0.3) is 0 Å². The van der Waals surface area contributed by atoms with Gasteiger partial charge in [0.15, 0.2) is 12.2 Å². The lowest BCUT2D eigenvalue weighted by Gasteiger charge is -2.67. The minimum Gasteiger partial charge on any atom is -0.461 e. The predicted molar refractivity (Wildman–Crippen MR) is 143 cm³/mol. The summed E-state index contributed by atoms with van der Waals surface area (Å²) in [7, 11) is 0. The largest absolute Gasteiger partial charge is 0.461 e. The van der Waals surface area contributed by atoms with Crippen molar-refractivity contribution < 1.29 is 48.3 Å². The number of esters is 4. The molecule has 3 aliphatic rings. The molecular formula is C30H44O10. The molecule has 0 unspecified atom stereocenters. The molecule has 3 rings (SSSR count). The average molecular weight is 565 g/mol. The molecule has 0 radical (unpaired) electrons. The van der Waals surface area contributed by atoms with Crippen molar-refractivity contribution in [2.24, 2.45) is 28.6 Å². The fourth-order valence-corrected chi connectivity index (χ4v) is 6.76. The van der Waals surface area contributed by atoms with Crippen molar-refractivity contribution in [3.05, 3.63) is 23.8 Å². The van der Waals surface area contributed by atoms with Gasteiger partial charge in [-0.2, -0.15) is 0 Å². The summed E-state index contributed by atoms with van der Waals surface area (Å²) in [6.45, 7) is 17.0. The maximum absolute atomic E-state index is 13.1. The summed E-state index contributed by atoms with van der Waals surface area (Å²) in [5.41, 5.74) is -3.51. The van der Waals surface area contributed by atoms with E-state index in [-0.39, 0.29) is 13.0 Å². The van der Waals surface area contributed by atoms with E-state index >= 15 is 0 Å². The molecule has 2 N–H and O–H groups in total. The van der Waals surface area contributed by atoms with Crippen LogP contribution in [0.5, 0.6) is 0 Å².